The van der Waals surface area contributed by atoms with Crippen LogP contribution in [0.1, 0.15) is 5.69 Å². The van der Waals surface area contributed by atoms with Crippen LogP contribution in [0, 0.1) is 11.3 Å². The van der Waals surface area contributed by atoms with E-state index in [9.17, 15) is 13.2 Å². The number of nitrogens with zero attached hydrogens (tertiary/aromatic N) is 2. The van der Waals surface area contributed by atoms with Crippen LogP contribution >= 0.6 is 15.9 Å². The molecule has 0 radical (unpaired) electrons. The van der Waals surface area contributed by atoms with Gasteiger partial charge >= 0.3 is 6.36 Å². The van der Waals surface area contributed by atoms with Gasteiger partial charge in [-0.2, -0.15) is 5.26 Å². The van der Waals surface area contributed by atoms with Crippen molar-refractivity contribution in [1.82, 2.24) is 4.98 Å². The number of aromatic hydroxyl groups is 1. The van der Waals surface area contributed by atoms with Crippen LogP contribution in [-0.2, 0) is 0 Å². The summed E-state index contributed by atoms with van der Waals surface area (Å²) in [6, 6.07) is 1.41. The van der Waals surface area contributed by atoms with E-state index in [1.165, 1.54) is 6.07 Å². The highest BCUT2D eigenvalue weighted by Gasteiger charge is 2.34. The molecular formula is C7H2BrF3N2O2. The van der Waals surface area contributed by atoms with Gasteiger partial charge in [-0.15, -0.1) is 13.2 Å². The Bertz CT molecular complexity index is 427. The maximum absolute atomic E-state index is 11.9. The molecule has 80 valence electrons. The second kappa shape index (κ2) is 3.94. The Labute approximate surface area is 90.0 Å². The fraction of sp³-hybridized carbons (Fsp3) is 0.143. The molecule has 0 saturated heterocycles. The minimum Gasteiger partial charge on any atom is -0.505 e. The lowest BCUT2D eigenvalue weighted by atomic mass is 10.3. The lowest BCUT2D eigenvalue weighted by Gasteiger charge is -2.11. The van der Waals surface area contributed by atoms with Crippen LogP contribution < -0.4 is 4.74 Å². The average Bonchev–Trinajstić information content (AvgIpc) is 2.11. The lowest BCUT2D eigenvalue weighted by molar-refractivity contribution is -0.275. The summed E-state index contributed by atoms with van der Waals surface area (Å²) in [6.45, 7) is 0. The fourth-order valence-electron chi connectivity index (χ4n) is 0.750. The van der Waals surface area contributed by atoms with Crippen molar-refractivity contribution in [2.45, 2.75) is 6.36 Å². The highest BCUT2D eigenvalue weighted by molar-refractivity contribution is 9.10. The number of hydrogen-bond donors (Lipinski definition) is 1. The Kier molecular flexibility index (Phi) is 3.04. The summed E-state index contributed by atoms with van der Waals surface area (Å²) in [5, 5.41) is 17.5. The topological polar surface area (TPSA) is 66.1 Å². The Balaban J connectivity index is 3.26. The molecule has 15 heavy (non-hydrogen) atoms. The third-order valence-corrected chi connectivity index (χ3v) is 2.05. The molecule has 0 fully saturated rings. The first-order chi connectivity index (χ1) is 6.85. The van der Waals surface area contributed by atoms with Gasteiger partial charge in [-0.1, -0.05) is 0 Å². The lowest BCUT2D eigenvalue weighted by Crippen LogP contribution is -2.18. The van der Waals surface area contributed by atoms with E-state index in [0.717, 1.165) is 6.20 Å². The molecule has 0 aromatic carbocycles. The predicted molar refractivity (Wildman–Crippen MR) is 45.0 cm³/mol. The van der Waals surface area contributed by atoms with Gasteiger partial charge in [0.1, 0.15) is 10.5 Å². The van der Waals surface area contributed by atoms with E-state index in [1.807, 2.05) is 0 Å². The van der Waals surface area contributed by atoms with Gasteiger partial charge in [0, 0.05) is 0 Å². The molecule has 8 heteroatoms. The molecule has 0 atom stereocenters. The van der Waals surface area contributed by atoms with Gasteiger partial charge in [0.2, 0.25) is 0 Å². The maximum atomic E-state index is 11.9. The highest BCUT2D eigenvalue weighted by atomic mass is 79.9. The summed E-state index contributed by atoms with van der Waals surface area (Å²) in [5.74, 6) is -1.40. The predicted octanol–water partition coefficient (Wildman–Crippen LogP) is 2.32. The van der Waals surface area contributed by atoms with Crippen LogP contribution in [0.5, 0.6) is 11.5 Å². The standard InChI is InChI=1S/C7H2BrF3N2O2/c8-5-4(14)2-13-3(1-12)6(5)15-7(9,10)11/h2,14H. The van der Waals surface area contributed by atoms with Crippen LogP contribution in [-0.4, -0.2) is 16.5 Å². The van der Waals surface area contributed by atoms with E-state index in [0.29, 0.717) is 0 Å². The summed E-state index contributed by atoms with van der Waals surface area (Å²) in [7, 11) is 0. The van der Waals surface area contributed by atoms with Crippen molar-refractivity contribution >= 4 is 15.9 Å². The van der Waals surface area contributed by atoms with Crippen molar-refractivity contribution in [3.05, 3.63) is 16.4 Å². The molecule has 0 spiro atoms. The minimum absolute atomic E-state index is 0.369. The molecule has 1 heterocycles. The Morgan fingerprint density at radius 1 is 1.53 bits per heavy atom. The number of halogens is 4. The number of pyridine rings is 1. The number of aromatic nitrogens is 1. The smallest absolute Gasteiger partial charge is 0.505 e. The second-order valence-corrected chi connectivity index (χ2v) is 3.09. The molecular weight excluding hydrogens is 281 g/mol. The molecule has 0 aliphatic carbocycles. The molecule has 1 rings (SSSR count). The fourth-order valence-corrected chi connectivity index (χ4v) is 1.12. The first-order valence-corrected chi connectivity index (χ1v) is 4.17. The van der Waals surface area contributed by atoms with Crippen molar-refractivity contribution in [3.8, 4) is 17.6 Å². The number of hydrogen-bond acceptors (Lipinski definition) is 4. The molecule has 0 aliphatic heterocycles. The van der Waals surface area contributed by atoms with E-state index in [-0.39, 0.29) is 4.47 Å². The molecule has 1 aromatic rings. The number of ether oxygens (including phenoxy) is 1. The highest BCUT2D eigenvalue weighted by Crippen LogP contribution is 2.37. The van der Waals surface area contributed by atoms with Gasteiger partial charge in [0.25, 0.3) is 0 Å². The van der Waals surface area contributed by atoms with E-state index in [2.05, 4.69) is 25.7 Å². The Morgan fingerprint density at radius 2 is 2.13 bits per heavy atom. The maximum Gasteiger partial charge on any atom is 0.573 e. The van der Waals surface area contributed by atoms with Gasteiger partial charge in [-0.05, 0) is 15.9 Å². The van der Waals surface area contributed by atoms with Gasteiger partial charge in [-0.3, -0.25) is 0 Å². The number of nitriles is 1. The molecule has 0 bridgehead atoms. The van der Waals surface area contributed by atoms with Crippen LogP contribution in [0.3, 0.4) is 0 Å². The first-order valence-electron chi connectivity index (χ1n) is 3.38. The third-order valence-electron chi connectivity index (χ3n) is 1.28. The first kappa shape index (κ1) is 11.6. The molecule has 4 nitrogen and oxygen atoms in total. The van der Waals surface area contributed by atoms with Gasteiger partial charge in [0.05, 0.1) is 6.20 Å². The van der Waals surface area contributed by atoms with E-state index >= 15 is 0 Å². The van der Waals surface area contributed by atoms with Crippen molar-refractivity contribution in [3.63, 3.8) is 0 Å². The summed E-state index contributed by atoms with van der Waals surface area (Å²) in [5.41, 5.74) is -0.572. The number of alkyl halides is 3. The third kappa shape index (κ3) is 2.73. The molecule has 1 aromatic heterocycles. The SMILES string of the molecule is N#Cc1ncc(O)c(Br)c1OC(F)(F)F. The van der Waals surface area contributed by atoms with Crippen molar-refractivity contribution in [1.29, 1.82) is 5.26 Å². The van der Waals surface area contributed by atoms with Crippen LogP contribution in [0.2, 0.25) is 0 Å². The van der Waals surface area contributed by atoms with Crippen molar-refractivity contribution in [2.24, 2.45) is 0 Å². The van der Waals surface area contributed by atoms with E-state index < -0.39 is 23.6 Å². The van der Waals surface area contributed by atoms with E-state index in [4.69, 9.17) is 10.4 Å². The Morgan fingerprint density at radius 3 is 2.60 bits per heavy atom. The van der Waals surface area contributed by atoms with Gasteiger partial charge in [-0.25, -0.2) is 4.98 Å². The van der Waals surface area contributed by atoms with Crippen LogP contribution in [0.15, 0.2) is 10.7 Å². The number of rotatable bonds is 1. The quantitative estimate of drug-likeness (QED) is 0.858. The van der Waals surface area contributed by atoms with Crippen molar-refractivity contribution in [2.75, 3.05) is 0 Å². The zero-order valence-electron chi connectivity index (χ0n) is 6.84. The van der Waals surface area contributed by atoms with Crippen molar-refractivity contribution < 1.29 is 23.0 Å². The molecule has 0 unspecified atom stereocenters. The van der Waals surface area contributed by atoms with Crippen LogP contribution in [0.25, 0.3) is 0 Å². The second-order valence-electron chi connectivity index (χ2n) is 2.29. The Hall–Kier alpha value is -1.49. The summed E-state index contributed by atoms with van der Waals surface area (Å²) in [6.07, 6.45) is -4.12. The molecule has 1 N–H and O–H groups in total. The van der Waals surface area contributed by atoms with E-state index in [1.54, 1.807) is 0 Å². The summed E-state index contributed by atoms with van der Waals surface area (Å²) < 4.78 is 38.9. The van der Waals surface area contributed by atoms with Crippen LogP contribution in [0.4, 0.5) is 13.2 Å². The largest absolute Gasteiger partial charge is 0.573 e. The minimum atomic E-state index is -4.95. The van der Waals surface area contributed by atoms with Gasteiger partial charge < -0.3 is 9.84 Å². The normalized spacial score (nSPS) is 10.9. The average molecular weight is 283 g/mol. The monoisotopic (exact) mass is 282 g/mol. The molecule has 0 aliphatic rings. The zero-order chi connectivity index (χ0) is 11.6. The molecule has 0 amide bonds. The summed E-state index contributed by atoms with van der Waals surface area (Å²) >= 11 is 2.66. The van der Waals surface area contributed by atoms with Gasteiger partial charge in [0.15, 0.2) is 17.2 Å². The molecule has 0 saturated carbocycles. The summed E-state index contributed by atoms with van der Waals surface area (Å²) in [4.78, 5) is 3.28. The zero-order valence-corrected chi connectivity index (χ0v) is 8.43.